The van der Waals surface area contributed by atoms with E-state index in [4.69, 9.17) is 10.5 Å². The highest BCUT2D eigenvalue weighted by Gasteiger charge is 2.68. The van der Waals surface area contributed by atoms with Gasteiger partial charge in [0, 0.05) is 11.7 Å². The molecular formula is C13H19NO4S. The monoisotopic (exact) mass is 285 g/mol. The highest BCUT2D eigenvalue weighted by molar-refractivity contribution is 7.92. The summed E-state index contributed by atoms with van der Waals surface area (Å²) in [5.74, 6) is 0.378. The molecule has 3 unspecified atom stereocenters. The minimum absolute atomic E-state index is 0.0310. The van der Waals surface area contributed by atoms with Gasteiger partial charge in [0.15, 0.2) is 9.84 Å². The Hall–Kier alpha value is -1.11. The molecule has 6 heteroatoms. The van der Waals surface area contributed by atoms with Crippen LogP contribution >= 0.6 is 0 Å². The number of hydrogen-bond donors (Lipinski definition) is 2. The Morgan fingerprint density at radius 1 is 1.37 bits per heavy atom. The summed E-state index contributed by atoms with van der Waals surface area (Å²) in [6.45, 7) is 1.25. The molecule has 2 rings (SSSR count). The van der Waals surface area contributed by atoms with Gasteiger partial charge in [-0.3, -0.25) is 0 Å². The van der Waals surface area contributed by atoms with E-state index in [2.05, 4.69) is 0 Å². The van der Waals surface area contributed by atoms with E-state index in [1.165, 1.54) is 0 Å². The number of aliphatic hydroxyl groups is 1. The average Bonchev–Trinajstić information content (AvgIpc) is 3.07. The van der Waals surface area contributed by atoms with E-state index in [-0.39, 0.29) is 18.3 Å². The standard InChI is InChI=1S/C13H19NO4S/c1-3-19(16,17)12-11(13(12,14)8-15)9-4-6-10(18-2)7-5-9/h4-7,11-12,15H,3,8,14H2,1-2H3. The van der Waals surface area contributed by atoms with Gasteiger partial charge < -0.3 is 15.6 Å². The summed E-state index contributed by atoms with van der Waals surface area (Å²) >= 11 is 0. The van der Waals surface area contributed by atoms with E-state index in [0.29, 0.717) is 5.75 Å². The molecule has 0 saturated heterocycles. The van der Waals surface area contributed by atoms with E-state index in [1.54, 1.807) is 38.3 Å². The van der Waals surface area contributed by atoms with Gasteiger partial charge in [-0.25, -0.2) is 8.42 Å². The van der Waals surface area contributed by atoms with Gasteiger partial charge in [0.05, 0.1) is 24.5 Å². The zero-order valence-corrected chi connectivity index (χ0v) is 11.9. The number of nitrogens with two attached hydrogens (primary N) is 1. The summed E-state index contributed by atoms with van der Waals surface area (Å²) in [6, 6.07) is 7.13. The van der Waals surface area contributed by atoms with Gasteiger partial charge in [-0.1, -0.05) is 19.1 Å². The number of aliphatic hydroxyl groups excluding tert-OH is 1. The quantitative estimate of drug-likeness (QED) is 0.811. The van der Waals surface area contributed by atoms with E-state index in [9.17, 15) is 13.5 Å². The van der Waals surface area contributed by atoms with Crippen molar-refractivity contribution >= 4 is 9.84 Å². The molecule has 1 aromatic rings. The first kappa shape index (κ1) is 14.3. The minimum Gasteiger partial charge on any atom is -0.497 e. The molecule has 0 heterocycles. The molecule has 1 aliphatic rings. The molecule has 1 fully saturated rings. The normalized spacial score (nSPS) is 30.1. The Morgan fingerprint density at radius 2 is 1.95 bits per heavy atom. The summed E-state index contributed by atoms with van der Waals surface area (Å²) in [7, 11) is -1.71. The van der Waals surface area contributed by atoms with Crippen molar-refractivity contribution in [2.75, 3.05) is 19.5 Å². The number of sulfone groups is 1. The summed E-state index contributed by atoms with van der Waals surface area (Å²) in [5.41, 5.74) is 5.79. The fourth-order valence-corrected chi connectivity index (χ4v) is 4.62. The van der Waals surface area contributed by atoms with Gasteiger partial charge in [0.1, 0.15) is 5.75 Å². The predicted molar refractivity (Wildman–Crippen MR) is 73.0 cm³/mol. The van der Waals surface area contributed by atoms with Crippen LogP contribution in [0.5, 0.6) is 5.75 Å². The van der Waals surface area contributed by atoms with Gasteiger partial charge in [0.2, 0.25) is 0 Å². The smallest absolute Gasteiger partial charge is 0.155 e. The van der Waals surface area contributed by atoms with Gasteiger partial charge in [0.25, 0.3) is 0 Å². The van der Waals surface area contributed by atoms with Gasteiger partial charge in [-0.2, -0.15) is 0 Å². The second-order valence-corrected chi connectivity index (χ2v) is 7.30. The van der Waals surface area contributed by atoms with Crippen molar-refractivity contribution in [3.05, 3.63) is 29.8 Å². The summed E-state index contributed by atoms with van der Waals surface area (Å²) in [4.78, 5) is 0. The van der Waals surface area contributed by atoms with Gasteiger partial charge >= 0.3 is 0 Å². The minimum atomic E-state index is -3.27. The third-order valence-corrected chi connectivity index (χ3v) is 6.13. The summed E-state index contributed by atoms with van der Waals surface area (Å²) < 4.78 is 29.1. The van der Waals surface area contributed by atoms with Crippen LogP contribution in [0.15, 0.2) is 24.3 Å². The van der Waals surface area contributed by atoms with E-state index < -0.39 is 20.6 Å². The maximum atomic E-state index is 12.0. The topological polar surface area (TPSA) is 89.6 Å². The van der Waals surface area contributed by atoms with Gasteiger partial charge in [-0.15, -0.1) is 0 Å². The Balaban J connectivity index is 2.34. The van der Waals surface area contributed by atoms with Crippen LogP contribution in [-0.2, 0) is 9.84 Å². The number of hydrogen-bond acceptors (Lipinski definition) is 5. The molecule has 0 bridgehead atoms. The van der Waals surface area contributed by atoms with Crippen LogP contribution in [0.25, 0.3) is 0 Å². The Morgan fingerprint density at radius 3 is 2.37 bits per heavy atom. The van der Waals surface area contributed by atoms with Gasteiger partial charge in [-0.05, 0) is 17.7 Å². The number of rotatable bonds is 5. The Labute approximate surface area is 113 Å². The van der Waals surface area contributed by atoms with Crippen molar-refractivity contribution in [2.24, 2.45) is 5.73 Å². The third kappa shape index (κ3) is 2.24. The summed E-state index contributed by atoms with van der Waals surface area (Å²) in [6.07, 6.45) is 0. The first-order valence-electron chi connectivity index (χ1n) is 6.16. The molecule has 1 saturated carbocycles. The lowest BCUT2D eigenvalue weighted by Gasteiger charge is -2.07. The average molecular weight is 285 g/mol. The molecule has 0 radical (unpaired) electrons. The zero-order valence-electron chi connectivity index (χ0n) is 11.0. The molecule has 5 nitrogen and oxygen atoms in total. The van der Waals surface area contributed by atoms with E-state index >= 15 is 0 Å². The van der Waals surface area contributed by atoms with E-state index in [0.717, 1.165) is 5.56 Å². The second-order valence-electron chi connectivity index (χ2n) is 4.89. The molecule has 0 amide bonds. The second kappa shape index (κ2) is 4.77. The molecule has 0 aromatic heterocycles. The highest BCUT2D eigenvalue weighted by atomic mass is 32.2. The SMILES string of the molecule is CCS(=O)(=O)C1C(c2ccc(OC)cc2)C1(N)CO. The van der Waals surface area contributed by atoms with Crippen LogP contribution in [0.3, 0.4) is 0 Å². The van der Waals surface area contributed by atoms with E-state index in [1.807, 2.05) is 0 Å². The van der Waals surface area contributed by atoms with Crippen molar-refractivity contribution in [3.63, 3.8) is 0 Å². The van der Waals surface area contributed by atoms with Crippen molar-refractivity contribution < 1.29 is 18.3 Å². The van der Waals surface area contributed by atoms with Crippen LogP contribution < -0.4 is 10.5 Å². The lowest BCUT2D eigenvalue weighted by molar-refractivity contribution is 0.253. The molecule has 106 valence electrons. The van der Waals surface area contributed by atoms with Crippen LogP contribution in [0, 0.1) is 0 Å². The predicted octanol–water partition coefficient (Wildman–Crippen LogP) is 0.286. The van der Waals surface area contributed by atoms with Crippen molar-refractivity contribution in [2.45, 2.75) is 23.6 Å². The summed E-state index contributed by atoms with van der Waals surface area (Å²) in [5, 5.41) is 8.71. The fraction of sp³-hybridized carbons (Fsp3) is 0.538. The molecule has 3 N–H and O–H groups in total. The first-order valence-corrected chi connectivity index (χ1v) is 7.87. The molecule has 0 spiro atoms. The van der Waals surface area contributed by atoms with Crippen LogP contribution in [0.1, 0.15) is 18.4 Å². The zero-order chi connectivity index (χ0) is 14.3. The molecule has 19 heavy (non-hydrogen) atoms. The van der Waals surface area contributed by atoms with Crippen LogP contribution in [0.4, 0.5) is 0 Å². The maximum Gasteiger partial charge on any atom is 0.155 e. The molecule has 3 atom stereocenters. The highest BCUT2D eigenvalue weighted by Crippen LogP contribution is 2.54. The molecule has 1 aliphatic carbocycles. The van der Waals surface area contributed by atoms with Crippen LogP contribution in [0.2, 0.25) is 0 Å². The molecule has 0 aliphatic heterocycles. The Kier molecular flexibility index (Phi) is 3.59. The maximum absolute atomic E-state index is 12.0. The first-order chi connectivity index (χ1) is 8.90. The number of methoxy groups -OCH3 is 1. The Bertz CT molecular complexity index is 555. The van der Waals surface area contributed by atoms with Crippen molar-refractivity contribution in [3.8, 4) is 5.75 Å². The van der Waals surface area contributed by atoms with Crippen molar-refractivity contribution in [1.29, 1.82) is 0 Å². The van der Waals surface area contributed by atoms with Crippen LogP contribution in [-0.4, -0.2) is 43.8 Å². The fourth-order valence-electron chi connectivity index (χ4n) is 2.63. The number of ether oxygens (including phenoxy) is 1. The third-order valence-electron chi connectivity index (χ3n) is 3.84. The molecular weight excluding hydrogens is 266 g/mol. The lowest BCUT2D eigenvalue weighted by Crippen LogP contribution is -2.35. The number of benzene rings is 1. The largest absolute Gasteiger partial charge is 0.497 e. The molecule has 1 aromatic carbocycles. The van der Waals surface area contributed by atoms with Crippen molar-refractivity contribution in [1.82, 2.24) is 0 Å². The lowest BCUT2D eigenvalue weighted by atomic mass is 10.1.